The Bertz CT molecular complexity index is 1720. The number of anilines is 2. The van der Waals surface area contributed by atoms with Gasteiger partial charge in [-0.25, -0.2) is 9.37 Å². The molecule has 5 aromatic rings. The third-order valence-corrected chi connectivity index (χ3v) is 7.75. The average molecular weight is 489 g/mol. The van der Waals surface area contributed by atoms with Gasteiger partial charge in [-0.15, -0.1) is 0 Å². The Hall–Kier alpha value is -4.45. The Morgan fingerprint density at radius 2 is 1.68 bits per heavy atom. The van der Waals surface area contributed by atoms with Crippen LogP contribution in [0.2, 0.25) is 0 Å². The van der Waals surface area contributed by atoms with Gasteiger partial charge >= 0.3 is 0 Å². The van der Waals surface area contributed by atoms with E-state index in [4.69, 9.17) is 4.98 Å². The van der Waals surface area contributed by atoms with Crippen LogP contribution in [0.5, 0.6) is 0 Å². The van der Waals surface area contributed by atoms with E-state index < -0.39 is 5.66 Å². The van der Waals surface area contributed by atoms with Gasteiger partial charge in [0.1, 0.15) is 11.6 Å². The van der Waals surface area contributed by atoms with E-state index in [1.807, 2.05) is 47.0 Å². The summed E-state index contributed by atoms with van der Waals surface area (Å²) in [6.07, 6.45) is 0.686. The van der Waals surface area contributed by atoms with Gasteiger partial charge in [-0.1, -0.05) is 42.5 Å². The number of hydrogen-bond donors (Lipinski definition) is 1. The van der Waals surface area contributed by atoms with Gasteiger partial charge in [0.2, 0.25) is 5.66 Å². The lowest BCUT2D eigenvalue weighted by atomic mass is 9.95. The maximum absolute atomic E-state index is 14.9. The van der Waals surface area contributed by atoms with E-state index in [0.717, 1.165) is 39.0 Å². The Labute approximate surface area is 214 Å². The molecule has 0 fully saturated rings. The topological polar surface area (TPSA) is 50.2 Å². The van der Waals surface area contributed by atoms with Crippen molar-refractivity contribution >= 4 is 28.3 Å². The third kappa shape index (κ3) is 3.02. The molecule has 0 saturated carbocycles. The summed E-state index contributed by atoms with van der Waals surface area (Å²) in [5, 5.41) is 3.57. The normalized spacial score (nSPS) is 17.6. The van der Waals surface area contributed by atoms with E-state index in [1.54, 1.807) is 11.0 Å². The van der Waals surface area contributed by atoms with E-state index in [2.05, 4.69) is 43.4 Å². The number of carbonyl (C=O) groups excluding carboxylic acids is 1. The highest BCUT2D eigenvalue weighted by Gasteiger charge is 2.56. The van der Waals surface area contributed by atoms with E-state index in [0.29, 0.717) is 30.0 Å². The van der Waals surface area contributed by atoms with Crippen LogP contribution in [0.3, 0.4) is 0 Å². The number of para-hydroxylation sites is 1. The number of aryl methyl sites for hydroxylation is 2. The number of rotatable bonds is 3. The van der Waals surface area contributed by atoms with Crippen LogP contribution in [-0.4, -0.2) is 22.0 Å². The first-order valence-electron chi connectivity index (χ1n) is 12.5. The van der Waals surface area contributed by atoms with Crippen LogP contribution in [0.4, 0.5) is 15.8 Å². The van der Waals surface area contributed by atoms with Crippen molar-refractivity contribution in [3.05, 3.63) is 113 Å². The van der Waals surface area contributed by atoms with Gasteiger partial charge in [0.05, 0.1) is 16.7 Å². The van der Waals surface area contributed by atoms with Crippen LogP contribution >= 0.6 is 0 Å². The van der Waals surface area contributed by atoms with Crippen LogP contribution in [0.25, 0.3) is 22.4 Å². The molecule has 4 aromatic carbocycles. The summed E-state index contributed by atoms with van der Waals surface area (Å²) in [4.78, 5) is 21.4. The number of aromatic nitrogens is 2. The Kier molecular flexibility index (Phi) is 4.58. The minimum absolute atomic E-state index is 0.141. The van der Waals surface area contributed by atoms with Crippen molar-refractivity contribution in [3.8, 4) is 11.4 Å². The van der Waals surface area contributed by atoms with Crippen molar-refractivity contribution in [2.45, 2.75) is 25.9 Å². The molecule has 1 amide bonds. The number of halogens is 1. The SMILES string of the molecule is Cc1cc2nc3n(c2cc1C)C1(Nc2ccccc2-3)C(=O)N(CCc2ccccc2)c2ccc(F)cc21. The maximum atomic E-state index is 14.9. The predicted molar refractivity (Wildman–Crippen MR) is 144 cm³/mol. The predicted octanol–water partition coefficient (Wildman–Crippen LogP) is 6.18. The molecule has 0 saturated heterocycles. The first-order valence-corrected chi connectivity index (χ1v) is 12.5. The van der Waals surface area contributed by atoms with Crippen molar-refractivity contribution in [2.24, 2.45) is 0 Å². The lowest BCUT2D eigenvalue weighted by molar-refractivity contribution is -0.123. The Morgan fingerprint density at radius 1 is 0.919 bits per heavy atom. The van der Waals surface area contributed by atoms with Crippen LogP contribution in [0.15, 0.2) is 84.9 Å². The monoisotopic (exact) mass is 488 g/mol. The van der Waals surface area contributed by atoms with E-state index >= 15 is 0 Å². The van der Waals surface area contributed by atoms with Gasteiger partial charge < -0.3 is 10.2 Å². The fraction of sp³-hybridized carbons (Fsp3) is 0.161. The van der Waals surface area contributed by atoms with Crippen molar-refractivity contribution in [2.75, 3.05) is 16.8 Å². The molecule has 0 radical (unpaired) electrons. The molecule has 5 nitrogen and oxygen atoms in total. The van der Waals surface area contributed by atoms with E-state index in [9.17, 15) is 9.18 Å². The van der Waals surface area contributed by atoms with E-state index in [-0.39, 0.29) is 11.7 Å². The molecular weight excluding hydrogens is 463 g/mol. The third-order valence-electron chi connectivity index (χ3n) is 7.75. The van der Waals surface area contributed by atoms with Gasteiger partial charge in [-0.2, -0.15) is 0 Å². The van der Waals surface area contributed by atoms with Gasteiger partial charge in [-0.05, 0) is 79.4 Å². The van der Waals surface area contributed by atoms with Crippen LogP contribution < -0.4 is 10.2 Å². The number of benzene rings is 4. The number of carbonyl (C=O) groups is 1. The first-order chi connectivity index (χ1) is 18.0. The highest BCUT2D eigenvalue weighted by molar-refractivity contribution is 6.12. The molecule has 1 aromatic heterocycles. The van der Waals surface area contributed by atoms with Crippen molar-refractivity contribution in [1.82, 2.24) is 9.55 Å². The molecule has 0 aliphatic carbocycles. The van der Waals surface area contributed by atoms with Crippen LogP contribution in [0, 0.1) is 19.7 Å². The fourth-order valence-corrected chi connectivity index (χ4v) is 5.79. The molecule has 2 aliphatic rings. The minimum Gasteiger partial charge on any atom is -0.350 e. The minimum atomic E-state index is -1.35. The average Bonchev–Trinajstić information content (AvgIpc) is 3.37. The molecule has 182 valence electrons. The number of hydrogen-bond acceptors (Lipinski definition) is 3. The van der Waals surface area contributed by atoms with Crippen molar-refractivity contribution in [1.29, 1.82) is 0 Å². The Morgan fingerprint density at radius 3 is 2.51 bits per heavy atom. The molecule has 2 aliphatic heterocycles. The zero-order valence-corrected chi connectivity index (χ0v) is 20.6. The number of nitrogens with one attached hydrogen (secondary N) is 1. The molecule has 3 heterocycles. The lowest BCUT2D eigenvalue weighted by Gasteiger charge is -2.38. The second-order valence-electron chi connectivity index (χ2n) is 9.93. The number of amides is 1. The zero-order valence-electron chi connectivity index (χ0n) is 20.6. The maximum Gasteiger partial charge on any atom is 0.279 e. The molecule has 1 N–H and O–H groups in total. The molecule has 1 atom stereocenters. The van der Waals surface area contributed by atoms with Gasteiger partial charge in [0.25, 0.3) is 5.91 Å². The van der Waals surface area contributed by atoms with Crippen molar-refractivity contribution in [3.63, 3.8) is 0 Å². The van der Waals surface area contributed by atoms with Crippen molar-refractivity contribution < 1.29 is 9.18 Å². The second kappa shape index (κ2) is 7.77. The number of fused-ring (bicyclic) bond motifs is 8. The van der Waals surface area contributed by atoms with Gasteiger partial charge in [0, 0.05) is 23.4 Å². The van der Waals surface area contributed by atoms with Crippen LogP contribution in [-0.2, 0) is 16.9 Å². The smallest absolute Gasteiger partial charge is 0.279 e. The molecule has 37 heavy (non-hydrogen) atoms. The first kappa shape index (κ1) is 21.8. The zero-order chi connectivity index (χ0) is 25.3. The molecular formula is C31H25FN4O. The summed E-state index contributed by atoms with van der Waals surface area (Å²) in [5.41, 5.74) is 6.70. The summed E-state index contributed by atoms with van der Waals surface area (Å²) in [7, 11) is 0. The summed E-state index contributed by atoms with van der Waals surface area (Å²) in [6, 6.07) is 26.7. The van der Waals surface area contributed by atoms with Gasteiger partial charge in [0.15, 0.2) is 0 Å². The highest BCUT2D eigenvalue weighted by Crippen LogP contribution is 2.51. The summed E-state index contributed by atoms with van der Waals surface area (Å²) in [5.74, 6) is 0.176. The van der Waals surface area contributed by atoms with Crippen LogP contribution in [0.1, 0.15) is 22.3 Å². The summed E-state index contributed by atoms with van der Waals surface area (Å²) >= 11 is 0. The summed E-state index contributed by atoms with van der Waals surface area (Å²) in [6.45, 7) is 4.60. The largest absolute Gasteiger partial charge is 0.350 e. The number of nitrogens with zero attached hydrogens (tertiary/aromatic N) is 3. The van der Waals surface area contributed by atoms with E-state index in [1.165, 1.54) is 12.1 Å². The molecule has 1 spiro atoms. The fourth-order valence-electron chi connectivity index (χ4n) is 5.79. The quantitative estimate of drug-likeness (QED) is 0.330. The number of imidazole rings is 1. The molecule has 0 bridgehead atoms. The second-order valence-corrected chi connectivity index (χ2v) is 9.93. The standard InChI is InChI=1S/C31H25FN4O/c1-19-16-26-28(17-20(19)2)36-29(33-26)23-10-6-7-11-25(23)34-31(36)24-18-22(32)12-13-27(24)35(30(31)37)15-14-21-8-4-3-5-9-21/h3-13,16-18,34H,14-15H2,1-2H3. The molecule has 6 heteroatoms. The molecule has 1 unspecified atom stereocenters. The summed E-state index contributed by atoms with van der Waals surface area (Å²) < 4.78 is 16.8. The molecule has 7 rings (SSSR count). The highest BCUT2D eigenvalue weighted by atomic mass is 19.1. The van der Waals surface area contributed by atoms with Gasteiger partial charge in [-0.3, -0.25) is 9.36 Å². The Balaban J connectivity index is 1.49. The lowest BCUT2D eigenvalue weighted by Crippen LogP contribution is -2.53.